The summed E-state index contributed by atoms with van der Waals surface area (Å²) in [7, 11) is 0. The van der Waals surface area contributed by atoms with Crippen LogP contribution >= 0.6 is 12.6 Å². The molecule has 128 valence electrons. The minimum Gasteiger partial charge on any atom is -0.370 e. The van der Waals surface area contributed by atoms with E-state index >= 15 is 0 Å². The molecule has 0 atom stereocenters. The third kappa shape index (κ3) is 10.6. The van der Waals surface area contributed by atoms with Gasteiger partial charge in [-0.2, -0.15) is 12.6 Å². The van der Waals surface area contributed by atoms with Crippen LogP contribution in [0.2, 0.25) is 0 Å². The molecule has 1 aromatic rings. The van der Waals surface area contributed by atoms with Crippen molar-refractivity contribution in [3.8, 4) is 0 Å². The van der Waals surface area contributed by atoms with Gasteiger partial charge < -0.3 is 10.6 Å². The predicted octanol–water partition coefficient (Wildman–Crippen LogP) is 3.48. The van der Waals surface area contributed by atoms with Crippen LogP contribution < -0.4 is 10.6 Å². The number of hydrogen-bond donors (Lipinski definition) is 3. The third-order valence-electron chi connectivity index (χ3n) is 3.00. The highest BCUT2D eigenvalue weighted by molar-refractivity contribution is 7.79. The van der Waals surface area contributed by atoms with Gasteiger partial charge in [0, 0.05) is 13.0 Å². The Morgan fingerprint density at radius 3 is 2.65 bits per heavy atom. The fourth-order valence-electron chi connectivity index (χ4n) is 1.95. The van der Waals surface area contributed by atoms with Gasteiger partial charge in [-0.25, -0.2) is 4.99 Å². The number of amidine groups is 1. The van der Waals surface area contributed by atoms with Crippen molar-refractivity contribution >= 4 is 24.4 Å². The van der Waals surface area contributed by atoms with Gasteiger partial charge in [-0.15, -0.1) is 0 Å². The third-order valence-corrected chi connectivity index (χ3v) is 3.00. The molecule has 1 aromatic carbocycles. The SMILES string of the molecule is C=C(/N=C(\C)NC(=O)CC)NCCCc1cccc(C)c1.CS. The summed E-state index contributed by atoms with van der Waals surface area (Å²) in [6.45, 7) is 10.3. The molecule has 0 radical (unpaired) electrons. The number of rotatable bonds is 7. The lowest BCUT2D eigenvalue weighted by Gasteiger charge is -2.08. The van der Waals surface area contributed by atoms with Crippen LogP contribution in [0.1, 0.15) is 37.8 Å². The number of carbonyl (C=O) groups excluding carboxylic acids is 1. The molecule has 23 heavy (non-hydrogen) atoms. The summed E-state index contributed by atoms with van der Waals surface area (Å²) in [4.78, 5) is 15.4. The van der Waals surface area contributed by atoms with Gasteiger partial charge >= 0.3 is 0 Å². The minimum absolute atomic E-state index is 0.0384. The maximum Gasteiger partial charge on any atom is 0.224 e. The number of aliphatic imine (C=N–C) groups is 1. The summed E-state index contributed by atoms with van der Waals surface area (Å²) in [5.41, 5.74) is 2.63. The highest BCUT2D eigenvalue weighted by Crippen LogP contribution is 2.06. The van der Waals surface area contributed by atoms with E-state index in [-0.39, 0.29) is 5.91 Å². The van der Waals surface area contributed by atoms with E-state index in [0.717, 1.165) is 19.4 Å². The van der Waals surface area contributed by atoms with E-state index in [9.17, 15) is 4.79 Å². The molecule has 4 nitrogen and oxygen atoms in total. The van der Waals surface area contributed by atoms with Gasteiger partial charge in [-0.1, -0.05) is 43.3 Å². The number of nitrogens with one attached hydrogen (secondary N) is 2. The molecule has 0 aliphatic rings. The molecule has 0 bridgehead atoms. The van der Waals surface area contributed by atoms with Gasteiger partial charge in [-0.05, 0) is 38.5 Å². The number of thiol groups is 1. The van der Waals surface area contributed by atoms with Crippen molar-refractivity contribution in [3.63, 3.8) is 0 Å². The van der Waals surface area contributed by atoms with E-state index < -0.39 is 0 Å². The first-order valence-electron chi connectivity index (χ1n) is 7.79. The highest BCUT2D eigenvalue weighted by Gasteiger charge is 1.99. The van der Waals surface area contributed by atoms with Crippen LogP contribution in [-0.2, 0) is 11.2 Å². The summed E-state index contributed by atoms with van der Waals surface area (Å²) in [5.74, 6) is 1.11. The molecule has 0 aliphatic carbocycles. The standard InChI is InChI=1S/C17H25N3O.CH4S/c1-5-17(21)20-15(4)19-14(3)18-11-7-10-16-9-6-8-13(2)12-16;1-2/h6,8-9,12,18H,3,5,7,10-11H2,1-2,4H3,(H,19,20,21);2H,1H3. The molecule has 0 aromatic heterocycles. The maximum absolute atomic E-state index is 11.2. The fraction of sp³-hybridized carbons (Fsp3) is 0.444. The minimum atomic E-state index is -0.0384. The topological polar surface area (TPSA) is 53.5 Å². The van der Waals surface area contributed by atoms with Crippen molar-refractivity contribution in [2.75, 3.05) is 12.8 Å². The Balaban J connectivity index is 0.00000232. The molecule has 0 unspecified atom stereocenters. The number of aryl methyl sites for hydroxylation is 2. The predicted molar refractivity (Wildman–Crippen MR) is 103 cm³/mol. The number of carbonyl (C=O) groups is 1. The zero-order valence-electron chi connectivity index (χ0n) is 14.6. The van der Waals surface area contributed by atoms with E-state index in [1.165, 1.54) is 11.1 Å². The molecule has 0 heterocycles. The first kappa shape index (κ1) is 21.2. The molecule has 1 amide bonds. The second-order valence-electron chi connectivity index (χ2n) is 5.07. The lowest BCUT2D eigenvalue weighted by atomic mass is 10.1. The largest absolute Gasteiger partial charge is 0.370 e. The van der Waals surface area contributed by atoms with Gasteiger partial charge in [0.1, 0.15) is 11.7 Å². The Bertz CT molecular complexity index is 527. The Hall–Kier alpha value is -1.75. The summed E-state index contributed by atoms with van der Waals surface area (Å²) >= 11 is 3.53. The van der Waals surface area contributed by atoms with E-state index in [2.05, 4.69) is 66.0 Å². The Kier molecular flexibility index (Phi) is 11.8. The molecular formula is C18H29N3OS. The lowest BCUT2D eigenvalue weighted by Crippen LogP contribution is -2.28. The molecule has 0 aliphatic heterocycles. The zero-order valence-corrected chi connectivity index (χ0v) is 15.5. The molecule has 2 N–H and O–H groups in total. The van der Waals surface area contributed by atoms with E-state index in [1.807, 2.05) is 0 Å². The van der Waals surface area contributed by atoms with E-state index in [0.29, 0.717) is 18.1 Å². The van der Waals surface area contributed by atoms with Crippen molar-refractivity contribution in [3.05, 3.63) is 47.8 Å². The smallest absolute Gasteiger partial charge is 0.224 e. The monoisotopic (exact) mass is 335 g/mol. The second kappa shape index (κ2) is 12.8. The second-order valence-corrected chi connectivity index (χ2v) is 5.07. The van der Waals surface area contributed by atoms with Crippen molar-refractivity contribution in [2.24, 2.45) is 4.99 Å². The molecule has 1 rings (SSSR count). The molecule has 0 spiro atoms. The van der Waals surface area contributed by atoms with Crippen LogP contribution in [0.5, 0.6) is 0 Å². The molecule has 0 saturated heterocycles. The Morgan fingerprint density at radius 2 is 2.04 bits per heavy atom. The molecule has 0 saturated carbocycles. The average molecular weight is 336 g/mol. The van der Waals surface area contributed by atoms with Crippen molar-refractivity contribution in [2.45, 2.75) is 40.0 Å². The summed E-state index contributed by atoms with van der Waals surface area (Å²) < 4.78 is 0. The van der Waals surface area contributed by atoms with Gasteiger partial charge in [0.05, 0.1) is 0 Å². The summed E-state index contributed by atoms with van der Waals surface area (Å²) in [5, 5.41) is 5.85. The van der Waals surface area contributed by atoms with Gasteiger partial charge in [0.25, 0.3) is 0 Å². The van der Waals surface area contributed by atoms with Crippen LogP contribution in [0.3, 0.4) is 0 Å². The summed E-state index contributed by atoms with van der Waals surface area (Å²) in [6.07, 6.45) is 4.18. The quantitative estimate of drug-likeness (QED) is 0.309. The van der Waals surface area contributed by atoms with Crippen LogP contribution in [-0.4, -0.2) is 24.5 Å². The van der Waals surface area contributed by atoms with Gasteiger partial charge in [0.2, 0.25) is 5.91 Å². The van der Waals surface area contributed by atoms with Crippen LogP contribution in [0.4, 0.5) is 0 Å². The number of nitrogens with zero attached hydrogens (tertiary/aromatic N) is 1. The summed E-state index contributed by atoms with van der Waals surface area (Å²) in [6, 6.07) is 8.54. The van der Waals surface area contributed by atoms with Gasteiger partial charge in [0.15, 0.2) is 0 Å². The zero-order chi connectivity index (χ0) is 17.7. The lowest BCUT2D eigenvalue weighted by molar-refractivity contribution is -0.119. The Morgan fingerprint density at radius 1 is 1.35 bits per heavy atom. The maximum atomic E-state index is 11.2. The first-order valence-corrected chi connectivity index (χ1v) is 8.69. The average Bonchev–Trinajstić information content (AvgIpc) is 2.53. The number of amides is 1. The van der Waals surface area contributed by atoms with Crippen LogP contribution in [0.15, 0.2) is 41.7 Å². The van der Waals surface area contributed by atoms with Crippen molar-refractivity contribution < 1.29 is 4.79 Å². The Labute approximate surface area is 145 Å². The van der Waals surface area contributed by atoms with Crippen molar-refractivity contribution in [1.82, 2.24) is 10.6 Å². The number of benzene rings is 1. The van der Waals surface area contributed by atoms with E-state index in [1.54, 1.807) is 20.1 Å². The van der Waals surface area contributed by atoms with Gasteiger partial charge in [-0.3, -0.25) is 4.79 Å². The normalized spacial score (nSPS) is 10.4. The van der Waals surface area contributed by atoms with Crippen molar-refractivity contribution in [1.29, 1.82) is 0 Å². The highest BCUT2D eigenvalue weighted by atomic mass is 32.1. The van der Waals surface area contributed by atoms with E-state index in [4.69, 9.17) is 0 Å². The first-order chi connectivity index (χ1) is 11.0. The molecule has 0 fully saturated rings. The molecule has 5 heteroatoms. The fourth-order valence-corrected chi connectivity index (χ4v) is 1.95. The van der Waals surface area contributed by atoms with Crippen LogP contribution in [0.25, 0.3) is 0 Å². The van der Waals surface area contributed by atoms with Crippen LogP contribution in [0, 0.1) is 6.92 Å². The number of hydrogen-bond acceptors (Lipinski definition) is 4. The molecular weight excluding hydrogens is 306 g/mol.